The van der Waals surface area contributed by atoms with E-state index < -0.39 is 11.8 Å². The number of nitrogens with zero attached hydrogens (tertiary/aromatic N) is 2. The van der Waals surface area contributed by atoms with E-state index in [2.05, 4.69) is 0 Å². The van der Waals surface area contributed by atoms with Gasteiger partial charge in [0.15, 0.2) is 11.5 Å². The molecule has 1 aliphatic rings. The summed E-state index contributed by atoms with van der Waals surface area (Å²) in [7, 11) is 0. The molecule has 0 fully saturated rings. The first kappa shape index (κ1) is 28.3. The van der Waals surface area contributed by atoms with E-state index in [1.54, 1.807) is 49.4 Å². The molecule has 1 heterocycles. The summed E-state index contributed by atoms with van der Waals surface area (Å²) in [6, 6.07) is 12.4. The standard InChI is InChI=1S/C28H28Cl2N2O5/c1-4-35-12-6-11-32-27(33)22(18(3)23(16-31)28(32)34)13-19-7-10-25(26(14-19)36-5-2)37-17-20-8-9-21(29)15-24(20)30/h7-10,13-15H,4-6,11-12,17H2,1-3H3/b22-13+. The zero-order chi connectivity index (χ0) is 26.9. The van der Waals surface area contributed by atoms with Crippen LogP contribution in [-0.4, -0.2) is 43.1 Å². The molecule has 194 valence electrons. The summed E-state index contributed by atoms with van der Waals surface area (Å²) in [5, 5.41) is 10.6. The maximum Gasteiger partial charge on any atom is 0.271 e. The Kier molecular flexibility index (Phi) is 10.2. The van der Waals surface area contributed by atoms with Gasteiger partial charge in [-0.1, -0.05) is 35.3 Å². The van der Waals surface area contributed by atoms with Gasteiger partial charge in [-0.3, -0.25) is 14.5 Å². The molecule has 3 rings (SSSR count). The Labute approximate surface area is 226 Å². The first-order valence-electron chi connectivity index (χ1n) is 11.9. The Morgan fingerprint density at radius 2 is 1.78 bits per heavy atom. The van der Waals surface area contributed by atoms with Gasteiger partial charge < -0.3 is 14.2 Å². The zero-order valence-corrected chi connectivity index (χ0v) is 22.5. The third-order valence-electron chi connectivity index (χ3n) is 5.68. The largest absolute Gasteiger partial charge is 0.490 e. The normalized spacial score (nSPS) is 14.8. The molecule has 2 aromatic carbocycles. The van der Waals surface area contributed by atoms with E-state index in [-0.39, 0.29) is 24.3 Å². The van der Waals surface area contributed by atoms with E-state index in [0.717, 1.165) is 10.5 Å². The Balaban J connectivity index is 1.89. The van der Waals surface area contributed by atoms with Gasteiger partial charge >= 0.3 is 0 Å². The molecule has 0 saturated carbocycles. The Morgan fingerprint density at radius 1 is 1.00 bits per heavy atom. The van der Waals surface area contributed by atoms with Gasteiger partial charge in [0.1, 0.15) is 18.2 Å². The molecule has 2 aromatic rings. The Bertz CT molecular complexity index is 1280. The van der Waals surface area contributed by atoms with E-state index in [0.29, 0.717) is 58.9 Å². The summed E-state index contributed by atoms with van der Waals surface area (Å²) in [6.45, 7) is 7.07. The lowest BCUT2D eigenvalue weighted by Crippen LogP contribution is -2.43. The van der Waals surface area contributed by atoms with Crippen LogP contribution in [0.15, 0.2) is 53.1 Å². The minimum atomic E-state index is -0.585. The molecule has 0 aromatic heterocycles. The SMILES string of the molecule is CCOCCCN1C(=O)C(C#N)=C(C)/C(=C\c2ccc(OCc3ccc(Cl)cc3Cl)c(OCC)c2)C1=O. The monoisotopic (exact) mass is 542 g/mol. The molecule has 0 saturated heterocycles. The summed E-state index contributed by atoms with van der Waals surface area (Å²) >= 11 is 12.2. The third-order valence-corrected chi connectivity index (χ3v) is 6.26. The first-order chi connectivity index (χ1) is 17.8. The van der Waals surface area contributed by atoms with Crippen LogP contribution in [0, 0.1) is 11.3 Å². The number of hydrogen-bond donors (Lipinski definition) is 0. The molecular weight excluding hydrogens is 515 g/mol. The lowest BCUT2D eigenvalue weighted by atomic mass is 9.93. The van der Waals surface area contributed by atoms with Crippen molar-refractivity contribution in [3.63, 3.8) is 0 Å². The van der Waals surface area contributed by atoms with Crippen molar-refractivity contribution in [3.8, 4) is 17.6 Å². The van der Waals surface area contributed by atoms with Crippen LogP contribution >= 0.6 is 23.2 Å². The Hall–Kier alpha value is -3.31. The van der Waals surface area contributed by atoms with E-state index in [9.17, 15) is 14.9 Å². The number of nitriles is 1. The summed E-state index contributed by atoms with van der Waals surface area (Å²) < 4.78 is 17.1. The lowest BCUT2D eigenvalue weighted by molar-refractivity contribution is -0.140. The van der Waals surface area contributed by atoms with Crippen LogP contribution in [0.1, 0.15) is 38.3 Å². The van der Waals surface area contributed by atoms with Gasteiger partial charge in [0.25, 0.3) is 11.8 Å². The highest BCUT2D eigenvalue weighted by atomic mass is 35.5. The van der Waals surface area contributed by atoms with Crippen molar-refractivity contribution in [1.29, 1.82) is 5.26 Å². The van der Waals surface area contributed by atoms with Gasteiger partial charge in [-0.25, -0.2) is 0 Å². The first-order valence-corrected chi connectivity index (χ1v) is 12.7. The molecule has 0 spiro atoms. The van der Waals surface area contributed by atoms with Crippen molar-refractivity contribution < 1.29 is 23.8 Å². The van der Waals surface area contributed by atoms with E-state index in [1.165, 1.54) is 0 Å². The number of ether oxygens (including phenoxy) is 3. The average molecular weight is 543 g/mol. The average Bonchev–Trinajstić information content (AvgIpc) is 2.87. The fourth-order valence-electron chi connectivity index (χ4n) is 3.76. The Morgan fingerprint density at radius 3 is 2.46 bits per heavy atom. The molecule has 7 nitrogen and oxygen atoms in total. The smallest absolute Gasteiger partial charge is 0.271 e. The predicted molar refractivity (Wildman–Crippen MR) is 143 cm³/mol. The van der Waals surface area contributed by atoms with Crippen molar-refractivity contribution in [2.24, 2.45) is 0 Å². The molecule has 0 unspecified atom stereocenters. The second-order valence-corrected chi connectivity index (χ2v) is 8.99. The number of benzene rings is 2. The van der Waals surface area contributed by atoms with Crippen molar-refractivity contribution in [2.75, 3.05) is 26.4 Å². The topological polar surface area (TPSA) is 88.9 Å². The molecule has 0 radical (unpaired) electrons. The van der Waals surface area contributed by atoms with Gasteiger partial charge in [0.2, 0.25) is 0 Å². The number of imide groups is 1. The molecule has 9 heteroatoms. The molecule has 0 atom stereocenters. The van der Waals surface area contributed by atoms with Crippen molar-refractivity contribution in [3.05, 3.63) is 74.3 Å². The number of carbonyl (C=O) groups excluding carboxylic acids is 2. The summed E-state index contributed by atoms with van der Waals surface area (Å²) in [5.74, 6) is -0.0494. The zero-order valence-electron chi connectivity index (χ0n) is 21.0. The summed E-state index contributed by atoms with van der Waals surface area (Å²) in [5.41, 5.74) is 1.99. The number of halogens is 2. The van der Waals surface area contributed by atoms with Crippen LogP contribution in [-0.2, 0) is 20.9 Å². The molecule has 1 aliphatic heterocycles. The van der Waals surface area contributed by atoms with Gasteiger partial charge in [-0.2, -0.15) is 5.26 Å². The fraction of sp³-hybridized carbons (Fsp3) is 0.321. The highest BCUT2D eigenvalue weighted by molar-refractivity contribution is 6.35. The molecule has 37 heavy (non-hydrogen) atoms. The number of amides is 2. The van der Waals surface area contributed by atoms with Gasteiger partial charge in [0.05, 0.1) is 6.61 Å². The van der Waals surface area contributed by atoms with Crippen molar-refractivity contribution in [1.82, 2.24) is 4.90 Å². The van der Waals surface area contributed by atoms with Gasteiger partial charge in [0, 0.05) is 40.9 Å². The molecular formula is C28H28Cl2N2O5. The minimum Gasteiger partial charge on any atom is -0.490 e. The van der Waals surface area contributed by atoms with Crippen LogP contribution in [0.2, 0.25) is 10.0 Å². The van der Waals surface area contributed by atoms with Crippen LogP contribution in [0.4, 0.5) is 0 Å². The molecule has 0 N–H and O–H groups in total. The van der Waals surface area contributed by atoms with Gasteiger partial charge in [-0.15, -0.1) is 0 Å². The molecule has 2 amide bonds. The van der Waals surface area contributed by atoms with Crippen molar-refractivity contribution >= 4 is 41.1 Å². The second-order valence-electron chi connectivity index (χ2n) is 8.15. The third kappa shape index (κ3) is 6.92. The number of carbonyl (C=O) groups is 2. The molecule has 0 bridgehead atoms. The van der Waals surface area contributed by atoms with E-state index in [1.807, 2.05) is 19.9 Å². The lowest BCUT2D eigenvalue weighted by Gasteiger charge is -2.27. The van der Waals surface area contributed by atoms with E-state index >= 15 is 0 Å². The fourth-order valence-corrected chi connectivity index (χ4v) is 4.23. The molecule has 0 aliphatic carbocycles. The maximum atomic E-state index is 13.2. The predicted octanol–water partition coefficient (Wildman–Crippen LogP) is 5.99. The summed E-state index contributed by atoms with van der Waals surface area (Å²) in [4.78, 5) is 27.1. The van der Waals surface area contributed by atoms with E-state index in [4.69, 9.17) is 37.4 Å². The second kappa shape index (κ2) is 13.3. The van der Waals surface area contributed by atoms with Crippen molar-refractivity contribution in [2.45, 2.75) is 33.8 Å². The van der Waals surface area contributed by atoms with Gasteiger partial charge in [-0.05, 0) is 68.7 Å². The minimum absolute atomic E-state index is 0.0490. The number of rotatable bonds is 11. The number of hydrogen-bond acceptors (Lipinski definition) is 6. The highest BCUT2D eigenvalue weighted by Crippen LogP contribution is 2.33. The highest BCUT2D eigenvalue weighted by Gasteiger charge is 2.35. The van der Waals surface area contributed by atoms with Crippen LogP contribution in [0.5, 0.6) is 11.5 Å². The maximum absolute atomic E-state index is 13.2. The van der Waals surface area contributed by atoms with Crippen LogP contribution in [0.3, 0.4) is 0 Å². The quantitative estimate of drug-likeness (QED) is 0.197. The summed E-state index contributed by atoms with van der Waals surface area (Å²) in [6.07, 6.45) is 2.13. The van der Waals surface area contributed by atoms with Crippen LogP contribution in [0.25, 0.3) is 6.08 Å². The van der Waals surface area contributed by atoms with Crippen LogP contribution < -0.4 is 9.47 Å².